The second-order valence-electron chi connectivity index (χ2n) is 5.53. The highest BCUT2D eigenvalue weighted by Crippen LogP contribution is 2.01. The molecule has 0 rings (SSSR count). The Bertz CT molecular complexity index is 155. The summed E-state index contributed by atoms with van der Waals surface area (Å²) in [7, 11) is 4.24. The van der Waals surface area contributed by atoms with Gasteiger partial charge >= 0.3 is 0 Å². The molecule has 98 valence electrons. The lowest BCUT2D eigenvalue weighted by atomic mass is 10.0. The second-order valence-corrected chi connectivity index (χ2v) is 5.53. The Hall–Kier alpha value is -0.120. The molecular formula is C13H31N3. The predicted octanol–water partition coefficient (Wildman–Crippen LogP) is 1.55. The number of rotatable bonds is 9. The molecule has 0 saturated carbocycles. The van der Waals surface area contributed by atoms with E-state index >= 15 is 0 Å². The first kappa shape index (κ1) is 15.9. The number of nitrogens with zero attached hydrogens (tertiary/aromatic N) is 1. The van der Waals surface area contributed by atoms with E-state index in [0.29, 0.717) is 18.0 Å². The van der Waals surface area contributed by atoms with Gasteiger partial charge in [0.05, 0.1) is 0 Å². The van der Waals surface area contributed by atoms with Crippen LogP contribution in [0.2, 0.25) is 0 Å². The van der Waals surface area contributed by atoms with E-state index in [1.807, 2.05) is 0 Å². The standard InChI is InChI=1S/C13H31N3/c1-11(2)13(15-12(3)4)10-14-8-7-9-16(5)6/h11-15H,7-10H2,1-6H3. The maximum atomic E-state index is 3.61. The fourth-order valence-corrected chi connectivity index (χ4v) is 1.69. The van der Waals surface area contributed by atoms with E-state index in [1.54, 1.807) is 0 Å². The molecule has 0 fully saturated rings. The molecule has 0 amide bonds. The van der Waals surface area contributed by atoms with Gasteiger partial charge < -0.3 is 15.5 Å². The van der Waals surface area contributed by atoms with Crippen molar-refractivity contribution in [3.8, 4) is 0 Å². The Labute approximate surface area is 102 Å². The highest BCUT2D eigenvalue weighted by Gasteiger charge is 2.12. The van der Waals surface area contributed by atoms with Crippen LogP contribution in [0.4, 0.5) is 0 Å². The van der Waals surface area contributed by atoms with Gasteiger partial charge in [0.15, 0.2) is 0 Å². The van der Waals surface area contributed by atoms with Crippen molar-refractivity contribution in [3.05, 3.63) is 0 Å². The molecule has 0 aliphatic carbocycles. The summed E-state index contributed by atoms with van der Waals surface area (Å²) in [5, 5.41) is 7.14. The van der Waals surface area contributed by atoms with Crippen molar-refractivity contribution in [1.29, 1.82) is 0 Å². The third kappa shape index (κ3) is 9.13. The SMILES string of the molecule is CC(C)NC(CNCCCN(C)C)C(C)C. The van der Waals surface area contributed by atoms with Gasteiger partial charge in [-0.15, -0.1) is 0 Å². The van der Waals surface area contributed by atoms with Crippen LogP contribution in [0.1, 0.15) is 34.1 Å². The molecule has 0 aromatic carbocycles. The van der Waals surface area contributed by atoms with Crippen LogP contribution in [0.15, 0.2) is 0 Å². The summed E-state index contributed by atoms with van der Waals surface area (Å²) in [4.78, 5) is 2.23. The quantitative estimate of drug-likeness (QED) is 0.588. The van der Waals surface area contributed by atoms with E-state index in [0.717, 1.165) is 19.6 Å². The maximum Gasteiger partial charge on any atom is 0.0217 e. The summed E-state index contributed by atoms with van der Waals surface area (Å²) in [6, 6.07) is 1.15. The normalized spacial score (nSPS) is 14.1. The lowest BCUT2D eigenvalue weighted by molar-refractivity contribution is 0.345. The summed E-state index contributed by atoms with van der Waals surface area (Å²) in [6.45, 7) is 12.3. The Kier molecular flexibility index (Phi) is 8.90. The van der Waals surface area contributed by atoms with Gasteiger partial charge in [-0.3, -0.25) is 0 Å². The largest absolute Gasteiger partial charge is 0.315 e. The molecule has 0 aliphatic rings. The van der Waals surface area contributed by atoms with Crippen LogP contribution >= 0.6 is 0 Å². The molecule has 1 unspecified atom stereocenters. The molecule has 0 aromatic heterocycles. The smallest absolute Gasteiger partial charge is 0.0217 e. The number of nitrogens with one attached hydrogen (secondary N) is 2. The first-order valence-corrected chi connectivity index (χ1v) is 6.55. The van der Waals surface area contributed by atoms with Gasteiger partial charge in [-0.2, -0.15) is 0 Å². The van der Waals surface area contributed by atoms with Crippen molar-refractivity contribution in [1.82, 2.24) is 15.5 Å². The van der Waals surface area contributed by atoms with E-state index in [1.165, 1.54) is 6.42 Å². The summed E-state index contributed by atoms with van der Waals surface area (Å²) in [5.41, 5.74) is 0. The average molecular weight is 229 g/mol. The molecule has 1 atom stereocenters. The highest BCUT2D eigenvalue weighted by molar-refractivity contribution is 4.75. The van der Waals surface area contributed by atoms with Crippen LogP contribution < -0.4 is 10.6 Å². The fourth-order valence-electron chi connectivity index (χ4n) is 1.69. The third-order valence-corrected chi connectivity index (χ3v) is 2.68. The van der Waals surface area contributed by atoms with E-state index in [-0.39, 0.29) is 0 Å². The molecule has 0 aliphatic heterocycles. The molecule has 0 radical (unpaired) electrons. The molecule has 3 heteroatoms. The van der Waals surface area contributed by atoms with E-state index in [2.05, 4.69) is 57.3 Å². The summed E-state index contributed by atoms with van der Waals surface area (Å²) < 4.78 is 0. The minimum absolute atomic E-state index is 0.566. The molecule has 2 N–H and O–H groups in total. The first-order valence-electron chi connectivity index (χ1n) is 6.55. The monoisotopic (exact) mass is 229 g/mol. The molecular weight excluding hydrogens is 198 g/mol. The molecule has 16 heavy (non-hydrogen) atoms. The van der Waals surface area contributed by atoms with Crippen LogP contribution in [-0.4, -0.2) is 50.7 Å². The van der Waals surface area contributed by atoms with Gasteiger partial charge in [-0.25, -0.2) is 0 Å². The van der Waals surface area contributed by atoms with E-state index in [4.69, 9.17) is 0 Å². The van der Waals surface area contributed by atoms with Crippen molar-refractivity contribution >= 4 is 0 Å². The summed E-state index contributed by atoms with van der Waals surface area (Å²) in [6.07, 6.45) is 1.22. The third-order valence-electron chi connectivity index (χ3n) is 2.68. The molecule has 0 bridgehead atoms. The molecule has 0 heterocycles. The van der Waals surface area contributed by atoms with Crippen molar-refractivity contribution in [2.24, 2.45) is 5.92 Å². The Morgan fingerprint density at radius 3 is 2.12 bits per heavy atom. The van der Waals surface area contributed by atoms with Crippen molar-refractivity contribution < 1.29 is 0 Å². The van der Waals surface area contributed by atoms with Gasteiger partial charge in [-0.05, 0) is 39.5 Å². The zero-order valence-electron chi connectivity index (χ0n) is 12.0. The minimum atomic E-state index is 0.566. The van der Waals surface area contributed by atoms with Gasteiger partial charge in [0, 0.05) is 18.6 Å². The first-order chi connectivity index (χ1) is 7.43. The topological polar surface area (TPSA) is 27.3 Å². The predicted molar refractivity (Wildman–Crippen MR) is 72.9 cm³/mol. The molecule has 0 spiro atoms. The van der Waals surface area contributed by atoms with Crippen LogP contribution in [0.5, 0.6) is 0 Å². The van der Waals surface area contributed by atoms with Crippen molar-refractivity contribution in [3.63, 3.8) is 0 Å². The van der Waals surface area contributed by atoms with E-state index in [9.17, 15) is 0 Å². The lowest BCUT2D eigenvalue weighted by Gasteiger charge is -2.25. The maximum absolute atomic E-state index is 3.61. The van der Waals surface area contributed by atoms with Crippen molar-refractivity contribution in [2.45, 2.75) is 46.2 Å². The average Bonchev–Trinajstić information content (AvgIpc) is 2.14. The van der Waals surface area contributed by atoms with Crippen LogP contribution in [0.25, 0.3) is 0 Å². The Morgan fingerprint density at radius 2 is 1.69 bits per heavy atom. The summed E-state index contributed by atoms with van der Waals surface area (Å²) in [5.74, 6) is 0.684. The lowest BCUT2D eigenvalue weighted by Crippen LogP contribution is -2.45. The van der Waals surface area contributed by atoms with E-state index < -0.39 is 0 Å². The van der Waals surface area contributed by atoms with Gasteiger partial charge in [-0.1, -0.05) is 27.7 Å². The number of hydrogen-bond acceptors (Lipinski definition) is 3. The van der Waals surface area contributed by atoms with Crippen molar-refractivity contribution in [2.75, 3.05) is 33.7 Å². The summed E-state index contributed by atoms with van der Waals surface area (Å²) >= 11 is 0. The zero-order valence-corrected chi connectivity index (χ0v) is 12.0. The molecule has 0 saturated heterocycles. The Balaban J connectivity index is 3.60. The van der Waals surface area contributed by atoms with Crippen LogP contribution in [-0.2, 0) is 0 Å². The molecule has 3 nitrogen and oxygen atoms in total. The minimum Gasteiger partial charge on any atom is -0.315 e. The second kappa shape index (κ2) is 8.97. The van der Waals surface area contributed by atoms with Gasteiger partial charge in [0.25, 0.3) is 0 Å². The number of hydrogen-bond donors (Lipinski definition) is 2. The highest BCUT2D eigenvalue weighted by atomic mass is 15.1. The molecule has 0 aromatic rings. The zero-order chi connectivity index (χ0) is 12.6. The van der Waals surface area contributed by atoms with Gasteiger partial charge in [0.1, 0.15) is 0 Å². The fraction of sp³-hybridized carbons (Fsp3) is 1.00. The van der Waals surface area contributed by atoms with Gasteiger partial charge in [0.2, 0.25) is 0 Å². The Morgan fingerprint density at radius 1 is 1.06 bits per heavy atom. The van der Waals surface area contributed by atoms with Crippen LogP contribution in [0, 0.1) is 5.92 Å². The van der Waals surface area contributed by atoms with Crippen LogP contribution in [0.3, 0.4) is 0 Å².